The molecule has 0 amide bonds. The van der Waals surface area contributed by atoms with E-state index in [4.69, 9.17) is 27.9 Å². The molecule has 2 aromatic rings. The van der Waals surface area contributed by atoms with Gasteiger partial charge in [-0.3, -0.25) is 10.1 Å². The highest BCUT2D eigenvalue weighted by Gasteiger charge is 2.13. The summed E-state index contributed by atoms with van der Waals surface area (Å²) in [5.41, 5.74) is 0.451. The van der Waals surface area contributed by atoms with Gasteiger partial charge in [-0.1, -0.05) is 17.7 Å². The Hall–Kier alpha value is -1.85. The van der Waals surface area contributed by atoms with Crippen LogP contribution in [0.5, 0.6) is 11.5 Å². The molecule has 0 fully saturated rings. The van der Waals surface area contributed by atoms with Crippen molar-refractivity contribution in [3.63, 3.8) is 0 Å². The van der Waals surface area contributed by atoms with E-state index in [0.29, 0.717) is 5.56 Å². The number of hydrogen-bond donors (Lipinski definition) is 0. The maximum atomic E-state index is 13.7. The Bertz CT molecular complexity index is 664. The van der Waals surface area contributed by atoms with Crippen molar-refractivity contribution in [3.8, 4) is 11.5 Å². The summed E-state index contributed by atoms with van der Waals surface area (Å²) in [4.78, 5) is 10.0. The van der Waals surface area contributed by atoms with Gasteiger partial charge in [0.25, 0.3) is 5.69 Å². The monoisotopic (exact) mass is 315 g/mol. The lowest BCUT2D eigenvalue weighted by atomic mass is 10.2. The number of ether oxygens (including phenoxy) is 1. The molecular formula is C13H8Cl2FNO3. The van der Waals surface area contributed by atoms with Gasteiger partial charge in [-0.15, -0.1) is 11.6 Å². The second kappa shape index (κ2) is 6.07. The van der Waals surface area contributed by atoms with Gasteiger partial charge in [-0.05, 0) is 23.8 Å². The molecule has 104 valence electrons. The minimum absolute atomic E-state index is 0.0278. The molecule has 4 nitrogen and oxygen atoms in total. The van der Waals surface area contributed by atoms with Gasteiger partial charge in [0.1, 0.15) is 5.75 Å². The highest BCUT2D eigenvalue weighted by atomic mass is 35.5. The van der Waals surface area contributed by atoms with Crippen LogP contribution in [0.15, 0.2) is 36.4 Å². The molecule has 0 saturated carbocycles. The molecule has 2 rings (SSSR count). The summed E-state index contributed by atoms with van der Waals surface area (Å²) in [6, 6.07) is 7.97. The molecule has 0 aliphatic carbocycles. The fraction of sp³-hybridized carbons (Fsp3) is 0.0769. The number of nitro groups is 1. The summed E-state index contributed by atoms with van der Waals surface area (Å²) in [7, 11) is 0. The first-order valence-electron chi connectivity index (χ1n) is 5.47. The van der Waals surface area contributed by atoms with Crippen molar-refractivity contribution in [2.45, 2.75) is 5.88 Å². The maximum absolute atomic E-state index is 13.7. The van der Waals surface area contributed by atoms with E-state index in [0.717, 1.165) is 6.07 Å². The van der Waals surface area contributed by atoms with Gasteiger partial charge in [0.05, 0.1) is 9.95 Å². The van der Waals surface area contributed by atoms with Crippen LogP contribution in [0.2, 0.25) is 5.02 Å². The van der Waals surface area contributed by atoms with Crippen LogP contribution in [0, 0.1) is 15.9 Å². The third kappa shape index (κ3) is 3.18. The molecule has 0 atom stereocenters. The first-order chi connectivity index (χ1) is 9.51. The molecule has 0 radical (unpaired) electrons. The van der Waals surface area contributed by atoms with Crippen molar-refractivity contribution in [2.24, 2.45) is 0 Å². The molecule has 0 spiro atoms. The van der Waals surface area contributed by atoms with Gasteiger partial charge in [-0.2, -0.15) is 0 Å². The van der Waals surface area contributed by atoms with Crippen molar-refractivity contribution in [1.82, 2.24) is 0 Å². The smallest absolute Gasteiger partial charge is 0.271 e. The van der Waals surface area contributed by atoms with Crippen molar-refractivity contribution in [3.05, 3.63) is 62.9 Å². The fourth-order valence-electron chi connectivity index (χ4n) is 1.51. The topological polar surface area (TPSA) is 52.4 Å². The summed E-state index contributed by atoms with van der Waals surface area (Å²) in [6.07, 6.45) is 0. The van der Waals surface area contributed by atoms with E-state index in [9.17, 15) is 14.5 Å². The highest BCUT2D eigenvalue weighted by molar-refractivity contribution is 6.32. The Labute approximate surface area is 123 Å². The van der Waals surface area contributed by atoms with Gasteiger partial charge >= 0.3 is 0 Å². The SMILES string of the molecule is O=[N+]([O-])c1ccc(Oc2ccc(CCl)cc2F)c(Cl)c1. The Morgan fingerprint density at radius 1 is 1.20 bits per heavy atom. The summed E-state index contributed by atoms with van der Waals surface area (Å²) in [6.45, 7) is 0. The standard InChI is InChI=1S/C13H8Cl2FNO3/c14-7-8-1-3-13(11(16)5-8)20-12-4-2-9(17(18)19)6-10(12)15/h1-6H,7H2. The molecule has 0 aromatic heterocycles. The lowest BCUT2D eigenvalue weighted by molar-refractivity contribution is -0.384. The molecule has 0 unspecified atom stereocenters. The first-order valence-corrected chi connectivity index (χ1v) is 6.38. The minimum Gasteiger partial charge on any atom is -0.453 e. The van der Waals surface area contributed by atoms with E-state index >= 15 is 0 Å². The lowest BCUT2D eigenvalue weighted by Crippen LogP contribution is -1.92. The zero-order valence-electron chi connectivity index (χ0n) is 9.98. The lowest BCUT2D eigenvalue weighted by Gasteiger charge is -2.09. The number of hydrogen-bond acceptors (Lipinski definition) is 3. The Morgan fingerprint density at radius 2 is 1.90 bits per heavy atom. The Kier molecular flexibility index (Phi) is 4.42. The predicted octanol–water partition coefficient (Wildman–Crippen LogP) is 4.92. The molecule has 7 heteroatoms. The number of non-ortho nitro benzene ring substituents is 1. The molecule has 0 bridgehead atoms. The van der Waals surface area contributed by atoms with Crippen LogP contribution in [-0.2, 0) is 5.88 Å². The van der Waals surface area contributed by atoms with E-state index in [1.165, 1.54) is 24.3 Å². The van der Waals surface area contributed by atoms with Crippen LogP contribution >= 0.6 is 23.2 Å². The summed E-state index contributed by atoms with van der Waals surface area (Å²) in [5.74, 6) is -0.294. The maximum Gasteiger partial charge on any atom is 0.271 e. The molecule has 0 aliphatic rings. The molecule has 0 aliphatic heterocycles. The van der Waals surface area contributed by atoms with Crippen molar-refractivity contribution in [1.29, 1.82) is 0 Å². The molecule has 0 heterocycles. The average molecular weight is 316 g/mol. The second-order valence-electron chi connectivity index (χ2n) is 3.87. The van der Waals surface area contributed by atoms with Crippen molar-refractivity contribution >= 4 is 28.9 Å². The zero-order chi connectivity index (χ0) is 14.7. The van der Waals surface area contributed by atoms with E-state index in [2.05, 4.69) is 0 Å². The highest BCUT2D eigenvalue weighted by Crippen LogP contribution is 2.33. The number of alkyl halides is 1. The third-order valence-electron chi connectivity index (χ3n) is 2.50. The van der Waals surface area contributed by atoms with Crippen LogP contribution in [0.3, 0.4) is 0 Å². The number of halogens is 3. The second-order valence-corrected chi connectivity index (χ2v) is 4.55. The summed E-state index contributed by atoms with van der Waals surface area (Å²) in [5, 5.41) is 10.6. The van der Waals surface area contributed by atoms with Gasteiger partial charge in [0, 0.05) is 18.0 Å². The molecular weight excluding hydrogens is 308 g/mol. The number of rotatable bonds is 4. The average Bonchev–Trinajstić information content (AvgIpc) is 2.42. The quantitative estimate of drug-likeness (QED) is 0.457. The van der Waals surface area contributed by atoms with E-state index in [-0.39, 0.29) is 28.1 Å². The summed E-state index contributed by atoms with van der Waals surface area (Å²) < 4.78 is 19.0. The van der Waals surface area contributed by atoms with Crippen LogP contribution in [0.25, 0.3) is 0 Å². The van der Waals surface area contributed by atoms with Crippen LogP contribution in [0.4, 0.5) is 10.1 Å². The van der Waals surface area contributed by atoms with Gasteiger partial charge in [0.15, 0.2) is 11.6 Å². The van der Waals surface area contributed by atoms with E-state index in [1.807, 2.05) is 0 Å². The predicted molar refractivity (Wildman–Crippen MR) is 74.1 cm³/mol. The fourth-order valence-corrected chi connectivity index (χ4v) is 1.89. The molecule has 0 saturated heterocycles. The Morgan fingerprint density at radius 3 is 2.45 bits per heavy atom. The van der Waals surface area contributed by atoms with Gasteiger partial charge in [0.2, 0.25) is 0 Å². The van der Waals surface area contributed by atoms with Crippen molar-refractivity contribution < 1.29 is 14.1 Å². The molecule has 0 N–H and O–H groups in total. The van der Waals surface area contributed by atoms with Crippen LogP contribution in [-0.4, -0.2) is 4.92 Å². The largest absolute Gasteiger partial charge is 0.453 e. The number of nitro benzene ring substituents is 1. The van der Waals surface area contributed by atoms with E-state index < -0.39 is 10.7 Å². The zero-order valence-corrected chi connectivity index (χ0v) is 11.5. The Balaban J connectivity index is 2.28. The number of benzene rings is 2. The first kappa shape index (κ1) is 14.6. The summed E-state index contributed by atoms with van der Waals surface area (Å²) >= 11 is 11.5. The van der Waals surface area contributed by atoms with Crippen LogP contribution < -0.4 is 4.74 Å². The minimum atomic E-state index is -0.586. The molecule has 20 heavy (non-hydrogen) atoms. The number of nitrogens with zero attached hydrogens (tertiary/aromatic N) is 1. The van der Waals surface area contributed by atoms with Gasteiger partial charge in [-0.25, -0.2) is 4.39 Å². The molecule has 2 aromatic carbocycles. The van der Waals surface area contributed by atoms with E-state index in [1.54, 1.807) is 6.07 Å². The third-order valence-corrected chi connectivity index (χ3v) is 3.10. The van der Waals surface area contributed by atoms with Crippen LogP contribution in [0.1, 0.15) is 5.56 Å². The normalized spacial score (nSPS) is 10.3. The van der Waals surface area contributed by atoms with Gasteiger partial charge < -0.3 is 4.74 Å². The van der Waals surface area contributed by atoms with Crippen molar-refractivity contribution in [2.75, 3.05) is 0 Å².